The highest BCUT2D eigenvalue weighted by molar-refractivity contribution is 5.92. The zero-order chi connectivity index (χ0) is 16.3. The number of ether oxygens (including phenoxy) is 2. The van der Waals surface area contributed by atoms with Crippen LogP contribution in [0.15, 0.2) is 24.0 Å². The van der Waals surface area contributed by atoms with Gasteiger partial charge in [0.2, 0.25) is 0 Å². The summed E-state index contributed by atoms with van der Waals surface area (Å²) in [6, 6.07) is 1.85. The Morgan fingerprint density at radius 3 is 2.82 bits per heavy atom. The van der Waals surface area contributed by atoms with Crippen LogP contribution in [0.1, 0.15) is 38.9 Å². The number of alkyl carbamates (subject to hydrolysis) is 1. The van der Waals surface area contributed by atoms with Gasteiger partial charge in [-0.1, -0.05) is 0 Å². The number of aryl methyl sites for hydroxylation is 1. The van der Waals surface area contributed by atoms with Gasteiger partial charge in [-0.15, -0.1) is 0 Å². The third-order valence-electron chi connectivity index (χ3n) is 3.16. The van der Waals surface area contributed by atoms with E-state index in [0.717, 1.165) is 18.5 Å². The van der Waals surface area contributed by atoms with Gasteiger partial charge in [0.15, 0.2) is 0 Å². The summed E-state index contributed by atoms with van der Waals surface area (Å²) in [7, 11) is 1.26. The summed E-state index contributed by atoms with van der Waals surface area (Å²) >= 11 is 0. The smallest absolute Gasteiger partial charge is 0.412 e. The second-order valence-corrected chi connectivity index (χ2v) is 6.07. The molecule has 0 radical (unpaired) electrons. The monoisotopic (exact) mass is 307 g/mol. The Hall–Kier alpha value is -2.31. The summed E-state index contributed by atoms with van der Waals surface area (Å²) in [5.41, 5.74) is 0.515. The first-order chi connectivity index (χ1) is 10.3. The highest BCUT2D eigenvalue weighted by Crippen LogP contribution is 2.26. The van der Waals surface area contributed by atoms with Crippen molar-refractivity contribution in [1.82, 2.24) is 15.1 Å². The molecular weight excluding hydrogens is 286 g/mol. The van der Waals surface area contributed by atoms with Crippen molar-refractivity contribution >= 4 is 12.1 Å². The molecule has 1 aliphatic rings. The molecule has 0 fully saturated rings. The van der Waals surface area contributed by atoms with E-state index in [4.69, 9.17) is 9.47 Å². The lowest BCUT2D eigenvalue weighted by molar-refractivity contribution is -0.136. The van der Waals surface area contributed by atoms with Gasteiger partial charge in [-0.05, 0) is 45.8 Å². The van der Waals surface area contributed by atoms with Crippen molar-refractivity contribution in [1.29, 1.82) is 0 Å². The third kappa shape index (κ3) is 3.87. The van der Waals surface area contributed by atoms with Crippen LogP contribution in [-0.4, -0.2) is 34.6 Å². The maximum atomic E-state index is 11.9. The number of methoxy groups -OCH3 is 1. The molecule has 1 N–H and O–H groups in total. The summed E-state index contributed by atoms with van der Waals surface area (Å²) in [6.45, 7) is 5.25. The summed E-state index contributed by atoms with van der Waals surface area (Å²) in [5.74, 6) is -0.619. The van der Waals surface area contributed by atoms with Crippen molar-refractivity contribution in [2.45, 2.75) is 45.3 Å². The average Bonchev–Trinajstić information content (AvgIpc) is 2.99. The first kappa shape index (κ1) is 16.1. The van der Waals surface area contributed by atoms with E-state index in [-0.39, 0.29) is 11.7 Å². The number of allylic oxidation sites excluding steroid dienone is 1. The van der Waals surface area contributed by atoms with Gasteiger partial charge in [0.05, 0.1) is 13.2 Å². The topological polar surface area (TPSA) is 82.5 Å². The molecule has 1 amide bonds. The average molecular weight is 307 g/mol. The molecule has 0 aliphatic carbocycles. The molecule has 1 unspecified atom stereocenters. The largest absolute Gasteiger partial charge is 0.464 e. The predicted molar refractivity (Wildman–Crippen MR) is 79.1 cm³/mol. The second-order valence-electron chi connectivity index (χ2n) is 6.07. The van der Waals surface area contributed by atoms with Gasteiger partial charge in [-0.2, -0.15) is 5.10 Å². The molecule has 1 aliphatic heterocycles. The third-order valence-corrected chi connectivity index (χ3v) is 3.16. The van der Waals surface area contributed by atoms with Crippen LogP contribution in [0.3, 0.4) is 0 Å². The van der Waals surface area contributed by atoms with Crippen LogP contribution in [0, 0.1) is 0 Å². The Balaban J connectivity index is 2.15. The number of carbonyl (C=O) groups is 2. The molecule has 0 saturated heterocycles. The van der Waals surface area contributed by atoms with Crippen molar-refractivity contribution < 1.29 is 19.1 Å². The molecule has 0 aromatic carbocycles. The van der Waals surface area contributed by atoms with Crippen LogP contribution in [0.5, 0.6) is 0 Å². The van der Waals surface area contributed by atoms with Crippen LogP contribution in [0.2, 0.25) is 0 Å². The molecule has 0 bridgehead atoms. The first-order valence-electron chi connectivity index (χ1n) is 7.12. The fraction of sp³-hybridized carbons (Fsp3) is 0.533. The quantitative estimate of drug-likeness (QED) is 0.682. The number of carbonyl (C=O) groups excluding carboxylic acids is 2. The van der Waals surface area contributed by atoms with Gasteiger partial charge < -0.3 is 9.47 Å². The van der Waals surface area contributed by atoms with Crippen molar-refractivity contribution in [2.24, 2.45) is 0 Å². The molecule has 1 aromatic heterocycles. The number of rotatable bonds is 3. The molecule has 1 aromatic rings. The number of amides is 1. The van der Waals surface area contributed by atoms with E-state index in [0.29, 0.717) is 0 Å². The number of hydrogen-bond acceptors (Lipinski definition) is 5. The molecule has 1 atom stereocenters. The number of esters is 1. The molecule has 7 heteroatoms. The Kier molecular flexibility index (Phi) is 4.54. The summed E-state index contributed by atoms with van der Waals surface area (Å²) < 4.78 is 11.7. The molecule has 120 valence electrons. The van der Waals surface area contributed by atoms with Crippen LogP contribution < -0.4 is 5.32 Å². The fourth-order valence-electron chi connectivity index (χ4n) is 2.29. The van der Waals surface area contributed by atoms with Crippen LogP contribution in [0.25, 0.3) is 0 Å². The molecule has 22 heavy (non-hydrogen) atoms. The van der Waals surface area contributed by atoms with E-state index in [9.17, 15) is 9.59 Å². The lowest BCUT2D eigenvalue weighted by Gasteiger charge is -2.20. The Bertz CT molecular complexity index is 598. The van der Waals surface area contributed by atoms with Crippen LogP contribution in [0.4, 0.5) is 4.79 Å². The van der Waals surface area contributed by atoms with Gasteiger partial charge in [0, 0.05) is 11.9 Å². The lowest BCUT2D eigenvalue weighted by atomic mass is 10.1. The maximum Gasteiger partial charge on any atom is 0.412 e. The molecule has 0 spiro atoms. The van der Waals surface area contributed by atoms with Crippen LogP contribution >= 0.6 is 0 Å². The van der Waals surface area contributed by atoms with Crippen molar-refractivity contribution in [3.63, 3.8) is 0 Å². The normalized spacial score (nSPS) is 17.8. The van der Waals surface area contributed by atoms with Crippen molar-refractivity contribution in [3.8, 4) is 0 Å². The highest BCUT2D eigenvalue weighted by Gasteiger charge is 2.25. The predicted octanol–water partition coefficient (Wildman–Crippen LogP) is 1.95. The van der Waals surface area contributed by atoms with E-state index in [1.165, 1.54) is 7.11 Å². The van der Waals surface area contributed by atoms with Crippen molar-refractivity contribution in [2.75, 3.05) is 7.11 Å². The Morgan fingerprint density at radius 2 is 2.18 bits per heavy atom. The zero-order valence-corrected chi connectivity index (χ0v) is 13.3. The minimum Gasteiger partial charge on any atom is -0.464 e. The second kappa shape index (κ2) is 6.21. The number of aromatic nitrogens is 2. The lowest BCUT2D eigenvalue weighted by Crippen LogP contribution is -2.34. The van der Waals surface area contributed by atoms with Gasteiger partial charge in [0.1, 0.15) is 11.3 Å². The Labute approximate surface area is 129 Å². The first-order valence-corrected chi connectivity index (χ1v) is 7.12. The van der Waals surface area contributed by atoms with E-state index >= 15 is 0 Å². The van der Waals surface area contributed by atoms with E-state index in [2.05, 4.69) is 10.4 Å². The number of hydrogen-bond donors (Lipinski definition) is 1. The summed E-state index contributed by atoms with van der Waals surface area (Å²) in [4.78, 5) is 23.7. The molecule has 0 saturated carbocycles. The number of nitrogens with one attached hydrogen (secondary N) is 1. The van der Waals surface area contributed by atoms with Gasteiger partial charge in [-0.25, -0.2) is 9.59 Å². The number of fused-ring (bicyclic) bond motifs is 1. The summed E-state index contributed by atoms with van der Waals surface area (Å²) in [5, 5.41) is 6.69. The van der Waals surface area contributed by atoms with Crippen LogP contribution in [-0.2, 0) is 20.7 Å². The Morgan fingerprint density at radius 1 is 1.45 bits per heavy atom. The summed E-state index contributed by atoms with van der Waals surface area (Å²) in [6.07, 6.45) is 4.37. The molecule has 2 heterocycles. The zero-order valence-electron chi connectivity index (χ0n) is 13.3. The molecular formula is C15H21N3O4. The minimum atomic E-state index is -0.692. The highest BCUT2D eigenvalue weighted by atomic mass is 16.6. The van der Waals surface area contributed by atoms with E-state index in [1.807, 2.05) is 10.7 Å². The molecule has 2 rings (SSSR count). The standard InChI is InChI=1S/C15H21N3O4/c1-15(2,3)22-14(20)17-12(13(19)21-4)9-11-6-5-10-7-8-16-18(10)11/h7-9,11H,5-6H2,1-4H3,(H,17,20). The van der Waals surface area contributed by atoms with Gasteiger partial charge >= 0.3 is 12.1 Å². The molecule has 7 nitrogen and oxygen atoms in total. The number of nitrogens with zero attached hydrogens (tertiary/aromatic N) is 2. The fourth-order valence-corrected chi connectivity index (χ4v) is 2.29. The maximum absolute atomic E-state index is 11.9. The van der Waals surface area contributed by atoms with E-state index < -0.39 is 17.7 Å². The minimum absolute atomic E-state index is 0.0603. The van der Waals surface area contributed by atoms with Gasteiger partial charge in [-0.3, -0.25) is 10.00 Å². The van der Waals surface area contributed by atoms with Gasteiger partial charge in [0.25, 0.3) is 0 Å². The van der Waals surface area contributed by atoms with Crippen molar-refractivity contribution in [3.05, 3.63) is 29.7 Å². The van der Waals surface area contributed by atoms with E-state index in [1.54, 1.807) is 33.0 Å². The SMILES string of the molecule is COC(=O)C(=CC1CCc2ccnn21)NC(=O)OC(C)(C)C.